The second-order valence-electron chi connectivity index (χ2n) is 7.51. The molecule has 2 aromatic carbocycles. The van der Waals surface area contributed by atoms with Gasteiger partial charge in [0.25, 0.3) is 0 Å². The number of rotatable bonds is 8. The summed E-state index contributed by atoms with van der Waals surface area (Å²) < 4.78 is 20.0. The minimum absolute atomic E-state index is 0.0392. The van der Waals surface area contributed by atoms with Crippen molar-refractivity contribution in [3.8, 4) is 6.07 Å². The number of hydrogen-bond donors (Lipinski definition) is 1. The topological polar surface area (TPSA) is 141 Å². The van der Waals surface area contributed by atoms with Crippen molar-refractivity contribution in [2.75, 3.05) is 39.4 Å². The number of nitriles is 1. The molecule has 0 radical (unpaired) electrons. The molecule has 0 amide bonds. The van der Waals surface area contributed by atoms with Crippen LogP contribution in [0.3, 0.4) is 0 Å². The van der Waals surface area contributed by atoms with Crippen LogP contribution in [0, 0.1) is 11.3 Å². The van der Waals surface area contributed by atoms with Crippen molar-refractivity contribution >= 4 is 23.6 Å². The number of benzene rings is 2. The highest BCUT2D eigenvalue weighted by Crippen LogP contribution is 2.43. The third kappa shape index (κ3) is 5.06. The molecule has 0 spiro atoms. The zero-order chi connectivity index (χ0) is 26.2. The van der Waals surface area contributed by atoms with Gasteiger partial charge in [-0.05, 0) is 29.8 Å². The molecule has 186 valence electrons. The van der Waals surface area contributed by atoms with Crippen LogP contribution in [0.5, 0.6) is 0 Å². The Bertz CT molecular complexity index is 1240. The van der Waals surface area contributed by atoms with Crippen LogP contribution in [0.4, 0.5) is 5.69 Å². The van der Waals surface area contributed by atoms with Crippen LogP contribution in [-0.4, -0.2) is 52.5 Å². The molecule has 10 nitrogen and oxygen atoms in total. The third-order valence-corrected chi connectivity index (χ3v) is 5.49. The first-order valence-corrected chi connectivity index (χ1v) is 10.8. The zero-order valence-electron chi connectivity index (χ0n) is 20.0. The maximum Gasteiger partial charge on any atom is 0.355 e. The van der Waals surface area contributed by atoms with Crippen LogP contribution in [0.1, 0.15) is 21.8 Å². The van der Waals surface area contributed by atoms with E-state index in [1.165, 1.54) is 50.5 Å². The van der Waals surface area contributed by atoms with Crippen LogP contribution in [0.2, 0.25) is 0 Å². The minimum Gasteiger partial charge on any atom is -0.466 e. The van der Waals surface area contributed by atoms with Gasteiger partial charge in [-0.15, -0.1) is 0 Å². The number of methoxy groups -OCH3 is 3. The molecule has 0 bridgehead atoms. The van der Waals surface area contributed by atoms with Crippen LogP contribution in [-0.2, 0) is 28.5 Å². The first kappa shape index (κ1) is 26.0. The largest absolute Gasteiger partial charge is 0.466 e. The Labute approximate surface area is 208 Å². The highest BCUT2D eigenvalue weighted by molar-refractivity contribution is 6.06. The monoisotopic (exact) mass is 491 g/mol. The van der Waals surface area contributed by atoms with E-state index in [2.05, 4.69) is 6.07 Å². The average molecular weight is 492 g/mol. The summed E-state index contributed by atoms with van der Waals surface area (Å²) in [5.41, 5.74) is 7.29. The van der Waals surface area contributed by atoms with Gasteiger partial charge in [-0.2, -0.15) is 5.26 Å². The minimum atomic E-state index is -0.968. The number of nitrogens with two attached hydrogens (primary N) is 1. The van der Waals surface area contributed by atoms with Crippen molar-refractivity contribution in [1.82, 2.24) is 0 Å². The Kier molecular flexibility index (Phi) is 8.43. The van der Waals surface area contributed by atoms with Crippen LogP contribution in [0.15, 0.2) is 77.3 Å². The van der Waals surface area contributed by atoms with Gasteiger partial charge in [-0.25, -0.2) is 14.4 Å². The number of nitrogens with zero attached hydrogens (tertiary/aromatic N) is 2. The molecule has 1 aliphatic rings. The van der Waals surface area contributed by atoms with E-state index in [-0.39, 0.29) is 41.4 Å². The predicted molar refractivity (Wildman–Crippen MR) is 128 cm³/mol. The summed E-state index contributed by atoms with van der Waals surface area (Å²) in [5, 5.41) is 10.1. The SMILES string of the molecule is COCCOC(=O)c1ccc(N2C(N)=C(C#N)C(c3ccccc3)C(C(=O)OC)=C2C(=O)OC)cc1. The quantitative estimate of drug-likeness (QED) is 0.332. The molecule has 1 atom stereocenters. The van der Waals surface area contributed by atoms with Crippen molar-refractivity contribution in [2.45, 2.75) is 5.92 Å². The first-order valence-electron chi connectivity index (χ1n) is 10.8. The molecule has 0 saturated carbocycles. The molecule has 10 heteroatoms. The molecule has 0 saturated heterocycles. The summed E-state index contributed by atoms with van der Waals surface area (Å²) in [7, 11) is 3.83. The number of carbonyl (C=O) groups excluding carboxylic acids is 3. The first-order chi connectivity index (χ1) is 17.4. The van der Waals surface area contributed by atoms with E-state index in [0.717, 1.165) is 0 Å². The average Bonchev–Trinajstić information content (AvgIpc) is 2.92. The van der Waals surface area contributed by atoms with Crippen LogP contribution >= 0.6 is 0 Å². The Balaban J connectivity index is 2.19. The highest BCUT2D eigenvalue weighted by atomic mass is 16.6. The molecule has 0 aliphatic carbocycles. The summed E-state index contributed by atoms with van der Waals surface area (Å²) in [5.74, 6) is -3.30. The van der Waals surface area contributed by atoms with Gasteiger partial charge in [-0.3, -0.25) is 4.90 Å². The molecule has 1 heterocycles. The second kappa shape index (κ2) is 11.7. The highest BCUT2D eigenvalue weighted by Gasteiger charge is 2.42. The molecule has 0 fully saturated rings. The lowest BCUT2D eigenvalue weighted by Crippen LogP contribution is -2.40. The molecule has 2 N–H and O–H groups in total. The van der Waals surface area contributed by atoms with Gasteiger partial charge in [0.15, 0.2) is 0 Å². The van der Waals surface area contributed by atoms with Gasteiger partial charge >= 0.3 is 17.9 Å². The summed E-state index contributed by atoms with van der Waals surface area (Å²) >= 11 is 0. The maximum absolute atomic E-state index is 13.0. The number of carbonyl (C=O) groups is 3. The van der Waals surface area contributed by atoms with Crippen molar-refractivity contribution in [3.63, 3.8) is 0 Å². The number of anilines is 1. The number of esters is 3. The lowest BCUT2D eigenvalue weighted by atomic mass is 9.81. The smallest absolute Gasteiger partial charge is 0.355 e. The van der Waals surface area contributed by atoms with E-state index in [1.807, 2.05) is 0 Å². The molecule has 2 aromatic rings. The van der Waals surface area contributed by atoms with E-state index in [0.29, 0.717) is 11.3 Å². The molecule has 3 rings (SSSR count). The molecular formula is C26H25N3O7. The van der Waals surface area contributed by atoms with Gasteiger partial charge in [0.2, 0.25) is 0 Å². The van der Waals surface area contributed by atoms with Gasteiger partial charge in [0.1, 0.15) is 18.1 Å². The van der Waals surface area contributed by atoms with Crippen LogP contribution < -0.4 is 10.6 Å². The lowest BCUT2D eigenvalue weighted by molar-refractivity contribution is -0.139. The number of ether oxygens (including phenoxy) is 4. The van der Waals surface area contributed by atoms with Gasteiger partial charge in [-0.1, -0.05) is 30.3 Å². The van der Waals surface area contributed by atoms with E-state index >= 15 is 0 Å². The normalized spacial score (nSPS) is 15.3. The van der Waals surface area contributed by atoms with E-state index in [9.17, 15) is 19.6 Å². The Hall–Kier alpha value is -4.62. The zero-order valence-corrected chi connectivity index (χ0v) is 20.0. The van der Waals surface area contributed by atoms with E-state index in [4.69, 9.17) is 24.7 Å². The molecule has 1 aliphatic heterocycles. The van der Waals surface area contributed by atoms with E-state index in [1.54, 1.807) is 30.3 Å². The fraction of sp³-hybridized carbons (Fsp3) is 0.231. The van der Waals surface area contributed by atoms with Crippen molar-refractivity contribution in [2.24, 2.45) is 5.73 Å². The van der Waals surface area contributed by atoms with Crippen molar-refractivity contribution < 1.29 is 33.3 Å². The third-order valence-electron chi connectivity index (χ3n) is 5.49. The number of hydrogen-bond acceptors (Lipinski definition) is 10. The van der Waals surface area contributed by atoms with E-state index < -0.39 is 23.8 Å². The summed E-state index contributed by atoms with van der Waals surface area (Å²) in [4.78, 5) is 39.6. The van der Waals surface area contributed by atoms with Gasteiger partial charge in [0.05, 0.1) is 49.5 Å². The lowest BCUT2D eigenvalue weighted by Gasteiger charge is -2.35. The van der Waals surface area contributed by atoms with Crippen molar-refractivity contribution in [3.05, 3.63) is 88.4 Å². The number of allylic oxidation sites excluding steroid dienone is 1. The Morgan fingerprint density at radius 3 is 2.11 bits per heavy atom. The van der Waals surface area contributed by atoms with Crippen molar-refractivity contribution in [1.29, 1.82) is 5.26 Å². The summed E-state index contributed by atoms with van der Waals surface area (Å²) in [6.07, 6.45) is 0. The summed E-state index contributed by atoms with van der Waals surface area (Å²) in [6.45, 7) is 0.338. The molecule has 1 unspecified atom stereocenters. The standard InChI is InChI=1S/C26H25N3O7/c1-33-13-14-36-24(30)17-9-11-18(12-10-17)29-22(26(32)35-3)21(25(31)34-2)20(19(15-27)23(29)28)16-7-5-4-6-8-16/h4-12,20H,13-14,28H2,1-3H3. The van der Waals surface area contributed by atoms with Gasteiger partial charge < -0.3 is 24.7 Å². The maximum atomic E-state index is 13.0. The Morgan fingerprint density at radius 1 is 0.917 bits per heavy atom. The molecule has 36 heavy (non-hydrogen) atoms. The summed E-state index contributed by atoms with van der Waals surface area (Å²) in [6, 6.07) is 16.7. The Morgan fingerprint density at radius 2 is 1.56 bits per heavy atom. The van der Waals surface area contributed by atoms with Crippen LogP contribution in [0.25, 0.3) is 0 Å². The van der Waals surface area contributed by atoms with Gasteiger partial charge in [0, 0.05) is 12.8 Å². The molecule has 0 aromatic heterocycles. The molecular weight excluding hydrogens is 466 g/mol. The second-order valence-corrected chi connectivity index (χ2v) is 7.51. The fourth-order valence-electron chi connectivity index (χ4n) is 3.83. The predicted octanol–water partition coefficient (Wildman–Crippen LogP) is 2.39. The fourth-order valence-corrected chi connectivity index (χ4v) is 3.83.